The molecule has 1 saturated heterocycles. The lowest BCUT2D eigenvalue weighted by Crippen LogP contribution is -2.45. The molecule has 0 radical (unpaired) electrons. The Bertz CT molecular complexity index is 208. The van der Waals surface area contributed by atoms with Gasteiger partial charge in [-0.1, -0.05) is 6.92 Å². The lowest BCUT2D eigenvalue weighted by Gasteiger charge is -2.29. The maximum absolute atomic E-state index is 11.3. The van der Waals surface area contributed by atoms with Crippen molar-refractivity contribution in [1.82, 2.24) is 10.2 Å². The highest BCUT2D eigenvalue weighted by Gasteiger charge is 2.24. The number of likely N-dealkylation sites (tertiary alicyclic amines) is 1. The van der Waals surface area contributed by atoms with Crippen molar-refractivity contribution in [3.05, 3.63) is 0 Å². The van der Waals surface area contributed by atoms with Crippen molar-refractivity contribution in [2.24, 2.45) is 5.92 Å². The van der Waals surface area contributed by atoms with Crippen molar-refractivity contribution >= 4 is 11.8 Å². The van der Waals surface area contributed by atoms with E-state index in [9.17, 15) is 9.59 Å². The summed E-state index contributed by atoms with van der Waals surface area (Å²) in [4.78, 5) is 24.0. The summed E-state index contributed by atoms with van der Waals surface area (Å²) in [6, 6.07) is 0. The number of nitrogens with zero attached hydrogens (tertiary/aromatic N) is 1. The van der Waals surface area contributed by atoms with Crippen LogP contribution in [0.3, 0.4) is 0 Å². The van der Waals surface area contributed by atoms with E-state index in [2.05, 4.69) is 12.2 Å². The topological polar surface area (TPSA) is 49.4 Å². The molecule has 0 spiro atoms. The summed E-state index contributed by atoms with van der Waals surface area (Å²) < 4.78 is 0. The maximum atomic E-state index is 11.3. The summed E-state index contributed by atoms with van der Waals surface area (Å²) in [6.07, 6.45) is 2.01. The number of likely N-dealkylation sites (N-methyl/N-ethyl adjacent to an activating group) is 1. The van der Waals surface area contributed by atoms with Crippen molar-refractivity contribution in [3.8, 4) is 0 Å². The minimum atomic E-state index is -0.505. The lowest BCUT2D eigenvalue weighted by atomic mass is 9.99. The SMILES string of the molecule is CNC(=O)C(=O)N1CCC(C)CC1. The minimum absolute atomic E-state index is 0.394. The van der Waals surface area contributed by atoms with Crippen LogP contribution in [0.25, 0.3) is 0 Å². The highest BCUT2D eigenvalue weighted by Crippen LogP contribution is 2.15. The van der Waals surface area contributed by atoms with Crippen LogP contribution in [0.15, 0.2) is 0 Å². The minimum Gasteiger partial charge on any atom is -0.351 e. The molecule has 0 aliphatic carbocycles. The molecule has 74 valence electrons. The number of amides is 2. The van der Waals surface area contributed by atoms with E-state index in [0.717, 1.165) is 12.8 Å². The van der Waals surface area contributed by atoms with Gasteiger partial charge in [-0.3, -0.25) is 9.59 Å². The first-order valence-corrected chi connectivity index (χ1v) is 4.66. The molecule has 4 heteroatoms. The van der Waals surface area contributed by atoms with Gasteiger partial charge in [0.1, 0.15) is 0 Å². The van der Waals surface area contributed by atoms with Crippen LogP contribution in [-0.2, 0) is 9.59 Å². The van der Waals surface area contributed by atoms with Gasteiger partial charge in [0.15, 0.2) is 0 Å². The fourth-order valence-corrected chi connectivity index (χ4v) is 1.46. The molecule has 1 heterocycles. The number of carbonyl (C=O) groups is 2. The second-order valence-corrected chi connectivity index (χ2v) is 3.55. The summed E-state index contributed by atoms with van der Waals surface area (Å²) in [5, 5.41) is 2.34. The highest BCUT2D eigenvalue weighted by molar-refractivity contribution is 6.34. The molecule has 0 aromatic heterocycles. The molecule has 0 aromatic carbocycles. The zero-order chi connectivity index (χ0) is 9.84. The van der Waals surface area contributed by atoms with Gasteiger partial charge in [-0.15, -0.1) is 0 Å². The van der Waals surface area contributed by atoms with E-state index in [-0.39, 0.29) is 0 Å². The number of carbonyl (C=O) groups excluding carboxylic acids is 2. The fraction of sp³-hybridized carbons (Fsp3) is 0.778. The van der Waals surface area contributed by atoms with Crippen LogP contribution >= 0.6 is 0 Å². The molecule has 13 heavy (non-hydrogen) atoms. The summed E-state index contributed by atoms with van der Waals surface area (Å²) in [5.74, 6) is -0.224. The normalized spacial score (nSPS) is 18.5. The molecular formula is C9H16N2O2. The van der Waals surface area contributed by atoms with Gasteiger partial charge < -0.3 is 10.2 Å². The third-order valence-corrected chi connectivity index (χ3v) is 2.49. The van der Waals surface area contributed by atoms with Gasteiger partial charge in [0.25, 0.3) is 0 Å². The Morgan fingerprint density at radius 3 is 2.31 bits per heavy atom. The number of hydrogen-bond donors (Lipinski definition) is 1. The summed E-state index contributed by atoms with van der Waals surface area (Å²) >= 11 is 0. The molecule has 1 fully saturated rings. The molecule has 1 N–H and O–H groups in total. The van der Waals surface area contributed by atoms with Gasteiger partial charge in [-0.05, 0) is 18.8 Å². The van der Waals surface area contributed by atoms with Crippen LogP contribution in [0.4, 0.5) is 0 Å². The predicted molar refractivity (Wildman–Crippen MR) is 49.0 cm³/mol. The predicted octanol–water partition coefficient (Wildman–Crippen LogP) is -0.00910. The van der Waals surface area contributed by atoms with Crippen molar-refractivity contribution in [2.75, 3.05) is 20.1 Å². The first-order chi connectivity index (χ1) is 6.15. The Hall–Kier alpha value is -1.06. The maximum Gasteiger partial charge on any atom is 0.311 e. The van der Waals surface area contributed by atoms with E-state index in [1.807, 2.05) is 0 Å². The number of rotatable bonds is 0. The van der Waals surface area contributed by atoms with Crippen molar-refractivity contribution in [3.63, 3.8) is 0 Å². The summed E-state index contributed by atoms with van der Waals surface area (Å²) in [7, 11) is 1.48. The van der Waals surface area contributed by atoms with E-state index in [1.165, 1.54) is 7.05 Å². The highest BCUT2D eigenvalue weighted by atomic mass is 16.2. The average molecular weight is 184 g/mol. The Morgan fingerprint density at radius 2 is 1.85 bits per heavy atom. The van der Waals surface area contributed by atoms with Gasteiger partial charge in [0, 0.05) is 20.1 Å². The van der Waals surface area contributed by atoms with Crippen molar-refractivity contribution in [2.45, 2.75) is 19.8 Å². The zero-order valence-corrected chi connectivity index (χ0v) is 8.17. The van der Waals surface area contributed by atoms with Gasteiger partial charge in [-0.2, -0.15) is 0 Å². The van der Waals surface area contributed by atoms with Crippen LogP contribution in [-0.4, -0.2) is 36.9 Å². The number of piperidine rings is 1. The van der Waals surface area contributed by atoms with Crippen molar-refractivity contribution < 1.29 is 9.59 Å². The third kappa shape index (κ3) is 2.44. The zero-order valence-electron chi connectivity index (χ0n) is 8.17. The van der Waals surface area contributed by atoms with E-state index in [0.29, 0.717) is 19.0 Å². The monoisotopic (exact) mass is 184 g/mol. The van der Waals surface area contributed by atoms with Crippen molar-refractivity contribution in [1.29, 1.82) is 0 Å². The third-order valence-electron chi connectivity index (χ3n) is 2.49. The fourth-order valence-electron chi connectivity index (χ4n) is 1.46. The molecule has 0 atom stereocenters. The van der Waals surface area contributed by atoms with Gasteiger partial charge in [0.2, 0.25) is 0 Å². The van der Waals surface area contributed by atoms with Crippen LogP contribution in [0, 0.1) is 5.92 Å². The van der Waals surface area contributed by atoms with Crippen LogP contribution in [0.5, 0.6) is 0 Å². The van der Waals surface area contributed by atoms with Crippen LogP contribution < -0.4 is 5.32 Å². The lowest BCUT2D eigenvalue weighted by molar-refractivity contribution is -0.146. The second kappa shape index (κ2) is 4.25. The Kier molecular flexibility index (Phi) is 3.28. The number of hydrogen-bond acceptors (Lipinski definition) is 2. The van der Waals surface area contributed by atoms with Crippen LogP contribution in [0.2, 0.25) is 0 Å². The largest absolute Gasteiger partial charge is 0.351 e. The molecule has 1 rings (SSSR count). The second-order valence-electron chi connectivity index (χ2n) is 3.55. The smallest absolute Gasteiger partial charge is 0.311 e. The molecule has 0 aromatic rings. The van der Waals surface area contributed by atoms with E-state index in [4.69, 9.17) is 0 Å². The van der Waals surface area contributed by atoms with E-state index in [1.54, 1.807) is 4.90 Å². The molecule has 4 nitrogen and oxygen atoms in total. The summed E-state index contributed by atoms with van der Waals surface area (Å²) in [5.41, 5.74) is 0. The molecule has 0 saturated carbocycles. The quantitative estimate of drug-likeness (QED) is 0.538. The van der Waals surface area contributed by atoms with Crippen LogP contribution in [0.1, 0.15) is 19.8 Å². The Balaban J connectivity index is 2.44. The van der Waals surface area contributed by atoms with E-state index < -0.39 is 11.8 Å². The van der Waals surface area contributed by atoms with Gasteiger partial charge in [-0.25, -0.2) is 0 Å². The molecule has 0 unspecified atom stereocenters. The first kappa shape index (κ1) is 10.0. The molecule has 0 bridgehead atoms. The molecule has 1 aliphatic heterocycles. The number of nitrogens with one attached hydrogen (secondary N) is 1. The molecule has 2 amide bonds. The molecular weight excluding hydrogens is 168 g/mol. The molecule has 1 aliphatic rings. The Morgan fingerprint density at radius 1 is 1.31 bits per heavy atom. The van der Waals surface area contributed by atoms with Gasteiger partial charge in [0.05, 0.1) is 0 Å². The first-order valence-electron chi connectivity index (χ1n) is 4.66. The van der Waals surface area contributed by atoms with E-state index >= 15 is 0 Å². The average Bonchev–Trinajstić information content (AvgIpc) is 2.17. The standard InChI is InChI=1S/C9H16N2O2/c1-7-3-5-11(6-4-7)9(13)8(12)10-2/h7H,3-6H2,1-2H3,(H,10,12). The Labute approximate surface area is 78.3 Å². The summed E-state index contributed by atoms with van der Waals surface area (Å²) in [6.45, 7) is 3.60. The van der Waals surface area contributed by atoms with Gasteiger partial charge >= 0.3 is 11.8 Å².